The number of carboxylic acids is 1. The fourth-order valence-electron chi connectivity index (χ4n) is 15.3. The van der Waals surface area contributed by atoms with Gasteiger partial charge in [0.25, 0.3) is 5.91 Å². The molecule has 35 nitrogen and oxygen atoms in total. The maximum Gasteiger partial charge on any atom is 0.305 e. The predicted molar refractivity (Wildman–Crippen MR) is 473 cm³/mol. The van der Waals surface area contributed by atoms with Gasteiger partial charge in [-0.15, -0.1) is 11.8 Å². The van der Waals surface area contributed by atoms with E-state index in [2.05, 4.69) is 57.8 Å². The van der Waals surface area contributed by atoms with Crippen molar-refractivity contribution < 1.29 is 100 Å². The summed E-state index contributed by atoms with van der Waals surface area (Å²) in [6.45, 7) is 5.84. The Morgan fingerprint density at radius 2 is 1.14 bits per heavy atom. The topological polar surface area (TPSA) is 493 Å². The van der Waals surface area contributed by atoms with Crippen LogP contribution in [0, 0.1) is 29.3 Å². The molecule has 694 valence electrons. The highest BCUT2D eigenvalue weighted by molar-refractivity contribution is 8.00. The number of nitrogens with two attached hydrogens (primary N) is 1. The van der Waals surface area contributed by atoms with E-state index in [1.165, 1.54) is 84.8 Å². The Morgan fingerprint density at radius 3 is 1.78 bits per heavy atom. The monoisotopic (exact) mass is 1820 g/mol. The number of phenols is 1. The fourth-order valence-corrected chi connectivity index (χ4v) is 16.1. The number of H-pyrrole nitrogens is 1. The summed E-state index contributed by atoms with van der Waals surface area (Å²) in [5.74, 6) is -24.1. The number of phenolic OH excluding ortho intramolecular Hbond substituents is 1. The number of thioether (sulfide) groups is 1. The van der Waals surface area contributed by atoms with Crippen LogP contribution in [0.2, 0.25) is 0 Å². The number of carbonyl (C=O) groups excluding carboxylic acids is 15. The van der Waals surface area contributed by atoms with E-state index in [4.69, 9.17) is 5.73 Å². The smallest absolute Gasteiger partial charge is 0.305 e. The van der Waals surface area contributed by atoms with Crippen molar-refractivity contribution >= 4 is 123 Å². The van der Waals surface area contributed by atoms with E-state index in [1.807, 2.05) is 0 Å². The lowest BCUT2D eigenvalue weighted by Gasteiger charge is -2.37. The van der Waals surface area contributed by atoms with Crippen LogP contribution in [0.1, 0.15) is 100 Å². The Kier molecular flexibility index (Phi) is 36.0. The zero-order valence-electron chi connectivity index (χ0n) is 73.4. The molecule has 0 spiro atoms. The van der Waals surface area contributed by atoms with Crippen LogP contribution < -0.4 is 58.5 Å². The average molecular weight is 1820 g/mol. The number of aromatic amines is 1. The summed E-state index contributed by atoms with van der Waals surface area (Å²) in [4.78, 5) is 247. The van der Waals surface area contributed by atoms with Crippen LogP contribution in [0.4, 0.5) is 18.9 Å². The number of aromatic nitrogens is 2. The molecule has 9 rings (SSSR count). The number of nitrogens with zero attached hydrogens (tertiary/aromatic N) is 6. The van der Waals surface area contributed by atoms with E-state index < -0.39 is 234 Å². The number of pyridine rings is 1. The van der Waals surface area contributed by atoms with Crippen molar-refractivity contribution in [2.45, 2.75) is 172 Å². The third-order valence-electron chi connectivity index (χ3n) is 22.1. The molecule has 0 unspecified atom stereocenters. The van der Waals surface area contributed by atoms with E-state index in [0.29, 0.717) is 69.0 Å². The van der Waals surface area contributed by atoms with Crippen molar-refractivity contribution in [3.05, 3.63) is 197 Å². The fraction of sp³-hybridized carbons (Fsp3) is 0.418. The number of fused-ring (bicyclic) bond motifs is 6. The molecule has 2 aliphatic heterocycles. The highest BCUT2D eigenvalue weighted by Crippen LogP contribution is 2.31. The van der Waals surface area contributed by atoms with Gasteiger partial charge < -0.3 is 88.4 Å². The number of aromatic hydroxyl groups is 1. The van der Waals surface area contributed by atoms with Gasteiger partial charge in [-0.2, -0.15) is 0 Å². The molecule has 14 N–H and O–H groups in total. The molecular formula is C91H110F3N17O18S. The normalized spacial score (nSPS) is 22.1. The van der Waals surface area contributed by atoms with Crippen LogP contribution in [0.3, 0.4) is 0 Å². The third kappa shape index (κ3) is 27.9. The minimum absolute atomic E-state index is 0.0807. The highest BCUT2D eigenvalue weighted by Gasteiger charge is 2.44. The largest absolute Gasteiger partial charge is 0.508 e. The van der Waals surface area contributed by atoms with Crippen molar-refractivity contribution in [1.29, 1.82) is 0 Å². The summed E-state index contributed by atoms with van der Waals surface area (Å²) in [6, 6.07) is 13.7. The molecular weight excluding hydrogens is 1710 g/mol. The Hall–Kier alpha value is -13.8. The van der Waals surface area contributed by atoms with Gasteiger partial charge >= 0.3 is 5.97 Å². The standard InChI is InChI=1S/C91H110F3N17O18S/c1-10-11-26-71-89(127)108(7)47-76(115)100-67(42-78(117)118)85(123)106-80(51(4)5)91(129)109(8)72(39-52-19-13-12-14-20-52)86(124)104-68(36-53-27-29-59(112)30-28-53)87(125)107(6)46-75(114)99-66(41-57-44-97-63-25-16-15-24-60(57)63)84(122)103-65(37-55-22-18-31-96-43-55)83(121)102-64(32-50(2)3)82(120)105-70(81(119)98-45-74(95)113)48-130-49-77(116)101-69(38-56-34-61(92)79(94)62(93)35-56)88(126)110(9)73-40-54-21-17-23-58(33-54)111(71)90(73)128/h12-25,27-31,33-35,43-44,50-51,64-73,80,97,112H,10-11,26,32,36-42,45-49H2,1-9H3,(H2,95,113)(H,98,119)(H,99,114)(H,100,115)(H,101,116)(H,102,121)(H,103,122)(H,104,124)(H,105,120)(H,106,123)(H,117,118)/t64-,65-,66-,67-,68-,69-,70-,71-,72-,73-,80-/m0/s1. The van der Waals surface area contributed by atoms with Crippen LogP contribution >= 0.6 is 11.8 Å². The molecule has 130 heavy (non-hydrogen) atoms. The van der Waals surface area contributed by atoms with E-state index in [0.717, 1.165) is 24.5 Å². The molecule has 2 aliphatic rings. The molecule has 1 fully saturated rings. The third-order valence-corrected chi connectivity index (χ3v) is 23.2. The lowest BCUT2D eigenvalue weighted by atomic mass is 9.98. The number of likely N-dealkylation sites (N-methyl/N-ethyl adjacent to an activating group) is 4. The summed E-state index contributed by atoms with van der Waals surface area (Å²) < 4.78 is 44.8. The lowest BCUT2D eigenvalue weighted by Crippen LogP contribution is -2.61. The van der Waals surface area contributed by atoms with Crippen molar-refractivity contribution in [2.75, 3.05) is 64.2 Å². The number of halogens is 3. The predicted octanol–water partition coefficient (Wildman–Crippen LogP) is 2.32. The van der Waals surface area contributed by atoms with Crippen LogP contribution in [0.15, 0.2) is 146 Å². The number of rotatable bonds is 21. The SMILES string of the molecule is CCCC[C@H]1C(=O)N(C)CC(=O)N[C@@H](CC(=O)O)C(=O)N[C@@H](C(C)C)C(=O)N(C)[C@@H](Cc2ccccc2)C(=O)N[C@@H](Cc2ccc(O)cc2)C(=O)N(C)CC(=O)N[C@@H](Cc2c[nH]c3ccccc23)C(=O)N[C@@H](Cc2cccnc2)C(=O)N[C@@H](CC(C)C)C(=O)N[C@H](C(=O)NCC(N)=O)CSCC(=O)N[C@@H](Cc2cc(F)c(F)c(F)c2)C(=O)N(C)[C@H]2Cc3cccc(c3)N1C2=O. The van der Waals surface area contributed by atoms with Gasteiger partial charge in [0.05, 0.1) is 31.8 Å². The second kappa shape index (κ2) is 46.8. The van der Waals surface area contributed by atoms with Crippen molar-refractivity contribution in [1.82, 2.24) is 77.4 Å². The molecule has 7 aromatic rings. The molecule has 1 saturated heterocycles. The molecule has 39 heteroatoms. The number of nitrogens with one attached hydrogen (secondary N) is 10. The number of anilines is 1. The molecule has 2 aromatic heterocycles. The van der Waals surface area contributed by atoms with E-state index in [1.54, 1.807) is 112 Å². The first-order valence-electron chi connectivity index (χ1n) is 42.4. The second-order valence-corrected chi connectivity index (χ2v) is 34.1. The Balaban J connectivity index is 1.12. The van der Waals surface area contributed by atoms with E-state index in [-0.39, 0.29) is 68.4 Å². The molecule has 0 radical (unpaired) electrons. The maximum atomic E-state index is 15.6. The lowest BCUT2D eigenvalue weighted by molar-refractivity contribution is -0.145. The molecule has 5 aromatic carbocycles. The van der Waals surface area contributed by atoms with Crippen molar-refractivity contribution in [2.24, 2.45) is 17.6 Å². The Labute approximate surface area is 752 Å². The van der Waals surface area contributed by atoms with Gasteiger partial charge in [-0.1, -0.05) is 126 Å². The number of primary amides is 1. The van der Waals surface area contributed by atoms with Gasteiger partial charge in [-0.25, -0.2) is 13.2 Å². The number of hydrogen-bond acceptors (Lipinski definition) is 19. The number of amides is 15. The Morgan fingerprint density at radius 1 is 0.562 bits per heavy atom. The number of unbranched alkanes of at least 4 members (excludes halogenated alkanes) is 1. The van der Waals surface area contributed by atoms with Gasteiger partial charge in [0.2, 0.25) is 82.7 Å². The molecule has 0 aliphatic carbocycles. The summed E-state index contributed by atoms with van der Waals surface area (Å²) in [5, 5.41) is 44.6. The zero-order chi connectivity index (χ0) is 94.9. The van der Waals surface area contributed by atoms with Crippen LogP contribution in [-0.4, -0.2) is 260 Å². The van der Waals surface area contributed by atoms with Gasteiger partial charge in [0.15, 0.2) is 17.5 Å². The van der Waals surface area contributed by atoms with Gasteiger partial charge in [0, 0.05) is 108 Å². The number of hydrogen-bond donors (Lipinski definition) is 13. The molecule has 15 amide bonds. The minimum atomic E-state index is -1.96. The maximum absolute atomic E-state index is 15.6. The second-order valence-electron chi connectivity index (χ2n) is 33.1. The Bertz CT molecular complexity index is 5260. The summed E-state index contributed by atoms with van der Waals surface area (Å²) >= 11 is 0.681. The average Bonchev–Trinajstić information content (AvgIpc) is 1.61. The van der Waals surface area contributed by atoms with E-state index >= 15 is 47.1 Å². The number of aliphatic carboxylic acids is 1. The van der Waals surface area contributed by atoms with Gasteiger partial charge in [-0.3, -0.25) is 86.6 Å². The van der Waals surface area contributed by atoms with Gasteiger partial charge in [-0.05, 0) is 107 Å². The quantitative estimate of drug-likeness (QED) is 0.0459. The van der Waals surface area contributed by atoms with Gasteiger partial charge in [0.1, 0.15) is 72.2 Å². The highest BCUT2D eigenvalue weighted by atomic mass is 32.2. The molecule has 4 bridgehead atoms. The molecule has 4 heterocycles. The summed E-state index contributed by atoms with van der Waals surface area (Å²) in [7, 11) is 4.90. The number of carbonyl (C=O) groups is 16. The molecule has 0 saturated carbocycles. The summed E-state index contributed by atoms with van der Waals surface area (Å²) in [5.41, 5.74) is 8.08. The first kappa shape index (κ1) is 100. The zero-order valence-corrected chi connectivity index (χ0v) is 74.2. The van der Waals surface area contributed by atoms with Crippen LogP contribution in [0.5, 0.6) is 5.75 Å². The molecule has 11 atom stereocenters. The van der Waals surface area contributed by atoms with Crippen molar-refractivity contribution in [3.63, 3.8) is 0 Å². The number of para-hydroxylation sites is 1. The first-order chi connectivity index (χ1) is 61.8. The van der Waals surface area contributed by atoms with Crippen molar-refractivity contribution in [3.8, 4) is 5.75 Å². The minimum Gasteiger partial charge on any atom is -0.508 e. The van der Waals surface area contributed by atoms with Crippen LogP contribution in [0.25, 0.3) is 10.9 Å². The van der Waals surface area contributed by atoms with Crippen LogP contribution in [-0.2, 0) is 115 Å². The van der Waals surface area contributed by atoms with E-state index in [9.17, 15) is 53.0 Å². The number of benzene rings is 5. The number of carboxylic acid groups (broad SMARTS) is 1. The first-order valence-corrected chi connectivity index (χ1v) is 43.5. The summed E-state index contributed by atoms with van der Waals surface area (Å²) in [6.07, 6.45) is 1.78.